The van der Waals surface area contributed by atoms with E-state index in [1.807, 2.05) is 0 Å². The second-order valence-corrected chi connectivity index (χ2v) is 3.19. The highest BCUT2D eigenvalue weighted by molar-refractivity contribution is 7.94. The van der Waals surface area contributed by atoms with Gasteiger partial charge in [-0.2, -0.15) is 8.42 Å². The van der Waals surface area contributed by atoms with Gasteiger partial charge in [0.2, 0.25) is 0 Å². The van der Waals surface area contributed by atoms with Crippen molar-refractivity contribution in [1.82, 2.24) is 0 Å². The first-order chi connectivity index (χ1) is 4.00. The molecule has 0 aliphatic carbocycles. The van der Waals surface area contributed by atoms with Gasteiger partial charge in [-0.25, -0.2) is 4.79 Å². The average molecular weight is 147 g/mol. The Balaban J connectivity index is 4.85. The molecule has 4 nitrogen and oxygen atoms in total. The van der Waals surface area contributed by atoms with Crippen LogP contribution in [0.5, 0.6) is 0 Å². The van der Waals surface area contributed by atoms with E-state index < -0.39 is 10.0 Å². The number of rotatable bonds is 2. The van der Waals surface area contributed by atoms with Crippen LogP contribution in [-0.2, 0) is 14.8 Å². The summed E-state index contributed by atoms with van der Waals surface area (Å²) in [6.45, 7) is 4.33. The predicted octanol–water partition coefficient (Wildman–Crippen LogP) is 0.186. The molecule has 0 radical (unpaired) electrons. The molecule has 0 N–H and O–H groups in total. The molecule has 0 aliphatic heterocycles. The molecule has 0 fully saturated rings. The molecule has 0 rings (SSSR count). The maximum Gasteiger partial charge on any atom is 0.287 e. The lowest BCUT2D eigenvalue weighted by Crippen LogP contribution is -1.93. The molecule has 9 heavy (non-hydrogen) atoms. The highest BCUT2D eigenvalue weighted by Crippen LogP contribution is 2.01. The first kappa shape index (κ1) is 8.07. The summed E-state index contributed by atoms with van der Waals surface area (Å²) in [6, 6.07) is 0. The predicted molar refractivity (Wildman–Crippen MR) is 31.9 cm³/mol. The normalized spacial score (nSPS) is 9.89. The van der Waals surface area contributed by atoms with E-state index in [2.05, 4.69) is 11.0 Å². The van der Waals surface area contributed by atoms with Crippen molar-refractivity contribution >= 4 is 16.1 Å². The minimum absolute atomic E-state index is 0.161. The van der Waals surface area contributed by atoms with Crippen LogP contribution in [0.2, 0.25) is 0 Å². The monoisotopic (exact) mass is 147 g/mol. The summed E-state index contributed by atoms with van der Waals surface area (Å²) in [5.74, 6) is 0. The van der Waals surface area contributed by atoms with E-state index in [-0.39, 0.29) is 4.91 Å². The zero-order valence-corrected chi connectivity index (χ0v) is 5.60. The molecule has 50 valence electrons. The van der Waals surface area contributed by atoms with Gasteiger partial charge in [0, 0.05) is 0 Å². The number of carbonyl (C=O) groups excluding carboxylic acids is 1. The Labute approximate surface area is 53.0 Å². The molecule has 0 saturated heterocycles. The van der Waals surface area contributed by atoms with Crippen LogP contribution >= 0.6 is 0 Å². The summed E-state index contributed by atoms with van der Waals surface area (Å²) < 4.78 is 23.3. The smallest absolute Gasteiger partial charge is 0.210 e. The number of hydrogen-bond acceptors (Lipinski definition) is 3. The molecule has 0 bridgehead atoms. The van der Waals surface area contributed by atoms with Gasteiger partial charge < -0.3 is 0 Å². The third kappa shape index (κ3) is 2.21. The Hall–Kier alpha value is -0.930. The Morgan fingerprint density at radius 1 is 1.67 bits per heavy atom. The molecule has 0 unspecified atom stereocenters. The number of sulfonamides is 1. The zero-order valence-electron chi connectivity index (χ0n) is 4.79. The van der Waals surface area contributed by atoms with Gasteiger partial charge in [-0.3, -0.25) is 0 Å². The fraction of sp³-hybridized carbons (Fsp3) is 0.250. The van der Waals surface area contributed by atoms with Gasteiger partial charge in [0.1, 0.15) is 0 Å². The topological polar surface area (TPSA) is 63.6 Å². The largest absolute Gasteiger partial charge is 0.287 e. The first-order valence-electron chi connectivity index (χ1n) is 2.00. The molecular weight excluding hydrogens is 142 g/mol. The molecule has 0 amide bonds. The molecule has 0 aliphatic rings. The lowest BCUT2D eigenvalue weighted by Gasteiger charge is -1.87. The molecule has 0 aromatic rings. The molecule has 0 atom stereocenters. The van der Waals surface area contributed by atoms with Gasteiger partial charge in [0.25, 0.3) is 16.1 Å². The van der Waals surface area contributed by atoms with E-state index in [1.54, 1.807) is 0 Å². The second-order valence-electron chi connectivity index (χ2n) is 1.36. The van der Waals surface area contributed by atoms with Crippen molar-refractivity contribution in [2.24, 2.45) is 4.40 Å². The van der Waals surface area contributed by atoms with Gasteiger partial charge >= 0.3 is 0 Å². The second kappa shape index (κ2) is 2.57. The van der Waals surface area contributed by atoms with Crippen LogP contribution in [0.4, 0.5) is 0 Å². The summed E-state index contributed by atoms with van der Waals surface area (Å²) in [5.41, 5.74) is 0. The van der Waals surface area contributed by atoms with Crippen molar-refractivity contribution in [3.8, 4) is 0 Å². The van der Waals surface area contributed by atoms with Crippen LogP contribution in [0, 0.1) is 0 Å². The van der Waals surface area contributed by atoms with E-state index in [9.17, 15) is 13.2 Å². The molecule has 0 aromatic heterocycles. The maximum absolute atomic E-state index is 10.4. The Kier molecular flexibility index (Phi) is 2.30. The Bertz CT molecular complexity index is 250. The molecule has 5 heteroatoms. The highest BCUT2D eigenvalue weighted by atomic mass is 32.2. The lowest BCUT2D eigenvalue weighted by molar-refractivity contribution is 0.564. The molecule has 0 spiro atoms. The highest BCUT2D eigenvalue weighted by Gasteiger charge is 2.06. The van der Waals surface area contributed by atoms with Crippen LogP contribution in [0.25, 0.3) is 0 Å². The van der Waals surface area contributed by atoms with Crippen LogP contribution in [0.1, 0.15) is 6.92 Å². The van der Waals surface area contributed by atoms with Crippen LogP contribution in [0.15, 0.2) is 15.9 Å². The first-order valence-corrected chi connectivity index (χ1v) is 3.44. The maximum atomic E-state index is 10.4. The fourth-order valence-electron chi connectivity index (χ4n) is 0.127. The summed E-state index contributed by atoms with van der Waals surface area (Å²) in [6.07, 6.45) is 0.916. The quantitative estimate of drug-likeness (QED) is 0.413. The van der Waals surface area contributed by atoms with Gasteiger partial charge in [-0.05, 0) is 6.92 Å². The van der Waals surface area contributed by atoms with Crippen molar-refractivity contribution in [3.05, 3.63) is 11.5 Å². The standard InChI is InChI=1S/C4H5NO3S/c1-4(2)9(7,8)5-3-6/h1H2,2H3. The number of allylic oxidation sites excluding steroid dienone is 1. The van der Waals surface area contributed by atoms with E-state index in [1.165, 1.54) is 6.92 Å². The van der Waals surface area contributed by atoms with E-state index in [4.69, 9.17) is 0 Å². The summed E-state index contributed by atoms with van der Waals surface area (Å²) in [7, 11) is -3.74. The summed E-state index contributed by atoms with van der Waals surface area (Å²) in [5, 5.41) is 0. The SMILES string of the molecule is C=C(C)S(=O)(=O)N=C=O. The van der Waals surface area contributed by atoms with Crippen molar-refractivity contribution in [3.63, 3.8) is 0 Å². The molecule has 0 heterocycles. The Morgan fingerprint density at radius 3 is 2.22 bits per heavy atom. The number of hydrogen-bond donors (Lipinski definition) is 0. The summed E-state index contributed by atoms with van der Waals surface area (Å²) >= 11 is 0. The van der Waals surface area contributed by atoms with Crippen LogP contribution in [0.3, 0.4) is 0 Å². The van der Waals surface area contributed by atoms with Crippen molar-refractivity contribution in [1.29, 1.82) is 0 Å². The van der Waals surface area contributed by atoms with Crippen molar-refractivity contribution in [2.45, 2.75) is 6.92 Å². The van der Waals surface area contributed by atoms with Gasteiger partial charge in [0.05, 0.1) is 4.91 Å². The van der Waals surface area contributed by atoms with E-state index in [0.29, 0.717) is 0 Å². The minimum atomic E-state index is -3.74. The van der Waals surface area contributed by atoms with E-state index in [0.717, 1.165) is 6.08 Å². The van der Waals surface area contributed by atoms with Crippen LogP contribution < -0.4 is 0 Å². The Morgan fingerprint density at radius 2 is 2.11 bits per heavy atom. The van der Waals surface area contributed by atoms with Crippen LogP contribution in [-0.4, -0.2) is 14.5 Å². The third-order valence-corrected chi connectivity index (χ3v) is 1.79. The van der Waals surface area contributed by atoms with Crippen molar-refractivity contribution < 1.29 is 13.2 Å². The minimum Gasteiger partial charge on any atom is -0.210 e. The zero-order chi connectivity index (χ0) is 7.49. The third-order valence-electron chi connectivity index (χ3n) is 0.598. The van der Waals surface area contributed by atoms with Crippen molar-refractivity contribution in [2.75, 3.05) is 0 Å². The average Bonchev–Trinajstić information content (AvgIpc) is 1.65. The molecule has 0 aromatic carbocycles. The lowest BCUT2D eigenvalue weighted by atomic mass is 10.8. The fourth-order valence-corrected chi connectivity index (χ4v) is 0.381. The number of isocyanates is 1. The van der Waals surface area contributed by atoms with E-state index >= 15 is 0 Å². The van der Waals surface area contributed by atoms with Gasteiger partial charge in [0.15, 0.2) is 0 Å². The number of nitrogens with zero attached hydrogens (tertiary/aromatic N) is 1. The van der Waals surface area contributed by atoms with Gasteiger partial charge in [-0.1, -0.05) is 11.0 Å². The summed E-state index contributed by atoms with van der Waals surface area (Å²) in [4.78, 5) is 9.25. The van der Waals surface area contributed by atoms with Gasteiger partial charge in [-0.15, -0.1) is 0 Å². The molecule has 0 saturated carbocycles. The molecular formula is C4H5NO3S.